The Hall–Kier alpha value is -3.22. The molecule has 0 bridgehead atoms. The number of para-hydroxylation sites is 1. The first kappa shape index (κ1) is 18.1. The van der Waals surface area contributed by atoms with Crippen LogP contribution in [0, 0.1) is 0 Å². The third-order valence-corrected chi connectivity index (χ3v) is 3.41. The number of hydrogen-bond donors (Lipinski definition) is 2. The molecule has 0 saturated carbocycles. The van der Waals surface area contributed by atoms with Crippen molar-refractivity contribution in [1.29, 1.82) is 0 Å². The largest absolute Gasteiger partial charge is 0.463 e. The first-order valence-electron chi connectivity index (χ1n) is 7.79. The van der Waals surface area contributed by atoms with Gasteiger partial charge in [-0.05, 0) is 25.5 Å². The number of benzene rings is 1. The van der Waals surface area contributed by atoms with Gasteiger partial charge in [-0.3, -0.25) is 14.6 Å². The van der Waals surface area contributed by atoms with Crippen molar-refractivity contribution >= 4 is 28.7 Å². The van der Waals surface area contributed by atoms with Crippen molar-refractivity contribution in [2.45, 2.75) is 19.4 Å². The van der Waals surface area contributed by atoms with E-state index in [2.05, 4.69) is 10.3 Å². The van der Waals surface area contributed by atoms with Gasteiger partial charge < -0.3 is 15.8 Å². The minimum absolute atomic E-state index is 0.0842. The van der Waals surface area contributed by atoms with Gasteiger partial charge in [-0.1, -0.05) is 24.3 Å². The molecule has 0 fully saturated rings. The zero-order valence-electron chi connectivity index (χ0n) is 13.8. The number of amides is 2. The standard InChI is InChI=1S/C18H19N3O4/c1-2-25-16(22)9-5-8-15(17(19)23)21-18(24)13-10-12-6-3-4-7-14(12)20-11-13/h3-7,9-11,15H,2,8H2,1H3,(H2,19,23)(H,21,24)/b9-5+/t15-/m1/s1. The second-order valence-corrected chi connectivity index (χ2v) is 5.24. The number of rotatable bonds is 7. The van der Waals surface area contributed by atoms with Gasteiger partial charge in [-0.15, -0.1) is 0 Å². The summed E-state index contributed by atoms with van der Waals surface area (Å²) in [7, 11) is 0. The Labute approximate surface area is 144 Å². The number of carbonyl (C=O) groups is 3. The number of pyridine rings is 1. The quantitative estimate of drug-likeness (QED) is 0.583. The maximum atomic E-state index is 12.3. The fourth-order valence-corrected chi connectivity index (χ4v) is 2.17. The maximum absolute atomic E-state index is 12.3. The highest BCUT2D eigenvalue weighted by molar-refractivity contribution is 5.99. The Bertz CT molecular complexity index is 817. The number of aromatic nitrogens is 1. The van der Waals surface area contributed by atoms with Crippen LogP contribution >= 0.6 is 0 Å². The van der Waals surface area contributed by atoms with E-state index >= 15 is 0 Å². The van der Waals surface area contributed by atoms with Gasteiger partial charge in [0.05, 0.1) is 17.7 Å². The zero-order valence-corrected chi connectivity index (χ0v) is 13.8. The normalized spacial score (nSPS) is 12.0. The highest BCUT2D eigenvalue weighted by Crippen LogP contribution is 2.12. The zero-order chi connectivity index (χ0) is 18.2. The van der Waals surface area contributed by atoms with Crippen molar-refractivity contribution in [3.8, 4) is 0 Å². The second-order valence-electron chi connectivity index (χ2n) is 5.24. The van der Waals surface area contributed by atoms with Crippen LogP contribution in [0.2, 0.25) is 0 Å². The lowest BCUT2D eigenvalue weighted by atomic mass is 10.1. The molecule has 2 rings (SSSR count). The van der Waals surface area contributed by atoms with Crippen molar-refractivity contribution in [1.82, 2.24) is 10.3 Å². The lowest BCUT2D eigenvalue weighted by Crippen LogP contribution is -2.44. The number of fused-ring (bicyclic) bond motifs is 1. The molecule has 0 radical (unpaired) electrons. The molecular formula is C18H19N3O4. The third kappa shape index (κ3) is 5.13. The Morgan fingerprint density at radius 1 is 1.32 bits per heavy atom. The lowest BCUT2D eigenvalue weighted by molar-refractivity contribution is -0.137. The smallest absolute Gasteiger partial charge is 0.330 e. The topological polar surface area (TPSA) is 111 Å². The number of nitrogens with two attached hydrogens (primary N) is 1. The van der Waals surface area contributed by atoms with E-state index in [4.69, 9.17) is 10.5 Å². The molecule has 0 saturated heterocycles. The van der Waals surface area contributed by atoms with Crippen LogP contribution < -0.4 is 11.1 Å². The van der Waals surface area contributed by atoms with Gasteiger partial charge in [0.25, 0.3) is 5.91 Å². The lowest BCUT2D eigenvalue weighted by Gasteiger charge is -2.13. The Balaban J connectivity index is 2.05. The molecular weight excluding hydrogens is 322 g/mol. The van der Waals surface area contributed by atoms with E-state index in [1.165, 1.54) is 18.3 Å². The molecule has 1 atom stereocenters. The van der Waals surface area contributed by atoms with E-state index in [0.29, 0.717) is 5.56 Å². The van der Waals surface area contributed by atoms with Gasteiger partial charge in [0, 0.05) is 17.7 Å². The molecule has 130 valence electrons. The fourth-order valence-electron chi connectivity index (χ4n) is 2.17. The average Bonchev–Trinajstić information content (AvgIpc) is 2.60. The summed E-state index contributed by atoms with van der Waals surface area (Å²) < 4.78 is 4.74. The molecule has 2 amide bonds. The summed E-state index contributed by atoms with van der Waals surface area (Å²) in [5.74, 6) is -1.68. The maximum Gasteiger partial charge on any atom is 0.330 e. The van der Waals surface area contributed by atoms with Gasteiger partial charge in [0.15, 0.2) is 0 Å². The van der Waals surface area contributed by atoms with E-state index in [1.807, 2.05) is 24.3 Å². The predicted octanol–water partition coefficient (Wildman–Crippen LogP) is 1.33. The summed E-state index contributed by atoms with van der Waals surface area (Å²) in [6.07, 6.45) is 4.15. The summed E-state index contributed by atoms with van der Waals surface area (Å²) >= 11 is 0. The number of ether oxygens (including phenoxy) is 1. The minimum atomic E-state index is -0.940. The highest BCUT2D eigenvalue weighted by Gasteiger charge is 2.18. The molecule has 0 spiro atoms. The first-order chi connectivity index (χ1) is 12.0. The van der Waals surface area contributed by atoms with Gasteiger partial charge in [0.1, 0.15) is 6.04 Å². The average molecular weight is 341 g/mol. The van der Waals surface area contributed by atoms with Crippen LogP contribution in [0.4, 0.5) is 0 Å². The monoisotopic (exact) mass is 341 g/mol. The van der Waals surface area contributed by atoms with Crippen molar-refractivity contribution in [2.24, 2.45) is 5.73 Å². The van der Waals surface area contributed by atoms with E-state index in [0.717, 1.165) is 10.9 Å². The van der Waals surface area contributed by atoms with Crippen molar-refractivity contribution in [3.63, 3.8) is 0 Å². The van der Waals surface area contributed by atoms with Crippen molar-refractivity contribution < 1.29 is 19.1 Å². The van der Waals surface area contributed by atoms with Gasteiger partial charge >= 0.3 is 5.97 Å². The number of hydrogen-bond acceptors (Lipinski definition) is 5. The SMILES string of the molecule is CCOC(=O)/C=C/C[C@@H](NC(=O)c1cnc2ccccc2c1)C(N)=O. The molecule has 7 nitrogen and oxygen atoms in total. The Kier molecular flexibility index (Phi) is 6.22. The van der Waals surface area contributed by atoms with Gasteiger partial charge in [-0.25, -0.2) is 4.79 Å². The molecule has 0 aliphatic heterocycles. The molecule has 7 heteroatoms. The Morgan fingerprint density at radius 2 is 2.08 bits per heavy atom. The summed E-state index contributed by atoms with van der Waals surface area (Å²) in [6, 6.07) is 8.12. The van der Waals surface area contributed by atoms with Crippen LogP contribution in [0.5, 0.6) is 0 Å². The van der Waals surface area contributed by atoms with Gasteiger partial charge in [-0.2, -0.15) is 0 Å². The summed E-state index contributed by atoms with van der Waals surface area (Å²) in [5.41, 5.74) is 6.40. The number of nitrogens with zero attached hydrogens (tertiary/aromatic N) is 1. The minimum Gasteiger partial charge on any atom is -0.463 e. The molecule has 1 aromatic heterocycles. The molecule has 1 aromatic carbocycles. The predicted molar refractivity (Wildman–Crippen MR) is 92.6 cm³/mol. The second kappa shape index (κ2) is 8.58. The van der Waals surface area contributed by atoms with Crippen LogP contribution in [0.3, 0.4) is 0 Å². The number of primary amides is 1. The number of esters is 1. The molecule has 1 heterocycles. The van der Waals surface area contributed by atoms with E-state index < -0.39 is 23.8 Å². The molecule has 0 unspecified atom stereocenters. The molecule has 2 aromatic rings. The molecule has 0 aliphatic rings. The van der Waals surface area contributed by atoms with E-state index in [-0.39, 0.29) is 13.0 Å². The van der Waals surface area contributed by atoms with Crippen molar-refractivity contribution in [3.05, 3.63) is 54.2 Å². The van der Waals surface area contributed by atoms with Crippen LogP contribution in [-0.4, -0.2) is 35.4 Å². The van der Waals surface area contributed by atoms with Crippen molar-refractivity contribution in [2.75, 3.05) is 6.61 Å². The molecule has 3 N–H and O–H groups in total. The summed E-state index contributed by atoms with van der Waals surface area (Å²) in [6.45, 7) is 1.95. The number of nitrogens with one attached hydrogen (secondary N) is 1. The first-order valence-corrected chi connectivity index (χ1v) is 7.79. The number of carbonyl (C=O) groups excluding carboxylic acids is 3. The molecule has 25 heavy (non-hydrogen) atoms. The van der Waals surface area contributed by atoms with Gasteiger partial charge in [0.2, 0.25) is 5.91 Å². The highest BCUT2D eigenvalue weighted by atomic mass is 16.5. The molecule has 0 aliphatic carbocycles. The summed E-state index contributed by atoms with van der Waals surface area (Å²) in [4.78, 5) is 39.3. The van der Waals surface area contributed by atoms with E-state index in [9.17, 15) is 14.4 Å². The van der Waals surface area contributed by atoms with Crippen LogP contribution in [0.15, 0.2) is 48.7 Å². The van der Waals surface area contributed by atoms with E-state index in [1.54, 1.807) is 13.0 Å². The fraction of sp³-hybridized carbons (Fsp3) is 0.222. The van der Waals surface area contributed by atoms with Crippen LogP contribution in [-0.2, 0) is 14.3 Å². The van der Waals surface area contributed by atoms with Crippen LogP contribution in [0.25, 0.3) is 10.9 Å². The third-order valence-electron chi connectivity index (χ3n) is 3.41. The van der Waals surface area contributed by atoms with Crippen LogP contribution in [0.1, 0.15) is 23.7 Å². The summed E-state index contributed by atoms with van der Waals surface area (Å²) in [5, 5.41) is 3.36. The Morgan fingerprint density at radius 3 is 2.80 bits per heavy atom.